The molecule has 0 bridgehead atoms. The van der Waals surface area contributed by atoms with E-state index in [1.165, 1.54) is 7.11 Å². The van der Waals surface area contributed by atoms with Crippen LogP contribution in [0.25, 0.3) is 0 Å². The monoisotopic (exact) mass is 278 g/mol. The normalized spacial score (nSPS) is 10.4. The van der Waals surface area contributed by atoms with Crippen molar-refractivity contribution in [3.05, 3.63) is 51.7 Å². The van der Waals surface area contributed by atoms with Crippen molar-refractivity contribution in [2.24, 2.45) is 0 Å². The quantitative estimate of drug-likeness (QED) is 0.881. The van der Waals surface area contributed by atoms with E-state index in [2.05, 4.69) is 0 Å². The first-order valence-corrected chi connectivity index (χ1v) is 6.59. The molecule has 1 heterocycles. The molecule has 2 aromatic rings. The predicted molar refractivity (Wildman–Crippen MR) is 72.8 cm³/mol. The standard InChI is InChI=1S/C14H14O4S/c1-17-13-5-4-10(7-12(13)14(15)16)8-18-9-11-3-2-6-19-11/h2-7H,8-9H2,1H3,(H,15,16). The van der Waals surface area contributed by atoms with Crippen LogP contribution in [0.5, 0.6) is 5.75 Å². The lowest BCUT2D eigenvalue weighted by atomic mass is 10.1. The molecular formula is C14H14O4S. The number of carboxylic acid groups (broad SMARTS) is 1. The van der Waals surface area contributed by atoms with E-state index in [9.17, 15) is 4.79 Å². The van der Waals surface area contributed by atoms with Crippen molar-refractivity contribution in [1.82, 2.24) is 0 Å². The lowest BCUT2D eigenvalue weighted by molar-refractivity contribution is 0.0692. The Balaban J connectivity index is 2.00. The average Bonchev–Trinajstić information content (AvgIpc) is 2.91. The molecule has 0 unspecified atom stereocenters. The summed E-state index contributed by atoms with van der Waals surface area (Å²) < 4.78 is 10.6. The molecule has 2 rings (SSSR count). The van der Waals surface area contributed by atoms with Gasteiger partial charge < -0.3 is 14.6 Å². The van der Waals surface area contributed by atoms with Gasteiger partial charge >= 0.3 is 5.97 Å². The molecule has 1 aromatic heterocycles. The van der Waals surface area contributed by atoms with Crippen molar-refractivity contribution in [2.45, 2.75) is 13.2 Å². The minimum Gasteiger partial charge on any atom is -0.496 e. The van der Waals surface area contributed by atoms with Crippen LogP contribution in [0.1, 0.15) is 20.8 Å². The topological polar surface area (TPSA) is 55.8 Å². The van der Waals surface area contributed by atoms with Crippen LogP contribution in [0.2, 0.25) is 0 Å². The van der Waals surface area contributed by atoms with Gasteiger partial charge in [0.2, 0.25) is 0 Å². The Hall–Kier alpha value is -1.85. The summed E-state index contributed by atoms with van der Waals surface area (Å²) in [4.78, 5) is 12.2. The van der Waals surface area contributed by atoms with Crippen LogP contribution < -0.4 is 4.74 Å². The second kappa shape index (κ2) is 6.36. The van der Waals surface area contributed by atoms with E-state index >= 15 is 0 Å². The van der Waals surface area contributed by atoms with Gasteiger partial charge in [-0.15, -0.1) is 11.3 Å². The first-order chi connectivity index (χ1) is 9.20. The summed E-state index contributed by atoms with van der Waals surface area (Å²) >= 11 is 1.63. The highest BCUT2D eigenvalue weighted by Gasteiger charge is 2.11. The van der Waals surface area contributed by atoms with E-state index in [-0.39, 0.29) is 5.56 Å². The number of carboxylic acids is 1. The number of hydrogen-bond donors (Lipinski definition) is 1. The van der Waals surface area contributed by atoms with Crippen molar-refractivity contribution in [2.75, 3.05) is 7.11 Å². The Morgan fingerprint density at radius 1 is 1.32 bits per heavy atom. The molecular weight excluding hydrogens is 264 g/mol. The fraction of sp³-hybridized carbons (Fsp3) is 0.214. The fourth-order valence-electron chi connectivity index (χ4n) is 1.68. The molecule has 0 spiro atoms. The maximum absolute atomic E-state index is 11.1. The molecule has 0 fully saturated rings. The number of thiophene rings is 1. The molecule has 1 N–H and O–H groups in total. The summed E-state index contributed by atoms with van der Waals surface area (Å²) in [7, 11) is 1.45. The summed E-state index contributed by atoms with van der Waals surface area (Å²) in [5.41, 5.74) is 0.967. The third-order valence-electron chi connectivity index (χ3n) is 2.59. The molecule has 5 heteroatoms. The molecule has 0 aliphatic heterocycles. The van der Waals surface area contributed by atoms with Crippen LogP contribution in [0.4, 0.5) is 0 Å². The van der Waals surface area contributed by atoms with Crippen molar-refractivity contribution in [3.8, 4) is 5.75 Å². The van der Waals surface area contributed by atoms with E-state index in [0.717, 1.165) is 10.4 Å². The third kappa shape index (κ3) is 3.56. The first-order valence-electron chi connectivity index (χ1n) is 5.71. The number of carbonyl (C=O) groups is 1. The van der Waals surface area contributed by atoms with Gasteiger partial charge in [0.25, 0.3) is 0 Å². The Labute approximate surface area is 115 Å². The summed E-state index contributed by atoms with van der Waals surface area (Å²) in [6.07, 6.45) is 0. The number of aromatic carboxylic acids is 1. The third-order valence-corrected chi connectivity index (χ3v) is 3.44. The van der Waals surface area contributed by atoms with Crippen LogP contribution in [0.15, 0.2) is 35.7 Å². The van der Waals surface area contributed by atoms with Gasteiger partial charge in [-0.3, -0.25) is 0 Å². The minimum atomic E-state index is -1.00. The van der Waals surface area contributed by atoms with Crippen LogP contribution in [0, 0.1) is 0 Å². The number of methoxy groups -OCH3 is 1. The molecule has 0 aliphatic rings. The predicted octanol–water partition coefficient (Wildman–Crippen LogP) is 3.17. The van der Waals surface area contributed by atoms with Gasteiger partial charge in [-0.25, -0.2) is 4.79 Å². The molecule has 0 atom stereocenters. The molecule has 4 nitrogen and oxygen atoms in total. The maximum Gasteiger partial charge on any atom is 0.339 e. The van der Waals surface area contributed by atoms with Crippen LogP contribution >= 0.6 is 11.3 Å². The second-order valence-electron chi connectivity index (χ2n) is 3.91. The molecule has 19 heavy (non-hydrogen) atoms. The summed E-state index contributed by atoms with van der Waals surface area (Å²) in [6.45, 7) is 0.911. The van der Waals surface area contributed by atoms with Crippen LogP contribution in [-0.2, 0) is 18.0 Å². The SMILES string of the molecule is COc1ccc(COCc2cccs2)cc1C(=O)O. The Kier molecular flexibility index (Phi) is 4.54. The molecule has 100 valence electrons. The average molecular weight is 278 g/mol. The van der Waals surface area contributed by atoms with Gasteiger partial charge in [-0.1, -0.05) is 12.1 Å². The highest BCUT2D eigenvalue weighted by molar-refractivity contribution is 7.09. The Bertz CT molecular complexity index is 549. The summed E-state index contributed by atoms with van der Waals surface area (Å²) in [5, 5.41) is 11.1. The first kappa shape index (κ1) is 13.6. The van der Waals surface area contributed by atoms with Crippen LogP contribution in [-0.4, -0.2) is 18.2 Å². The van der Waals surface area contributed by atoms with Gasteiger partial charge in [-0.05, 0) is 29.1 Å². The maximum atomic E-state index is 11.1. The number of rotatable bonds is 6. The smallest absolute Gasteiger partial charge is 0.339 e. The molecule has 0 aliphatic carbocycles. The molecule has 0 saturated carbocycles. The van der Waals surface area contributed by atoms with Crippen molar-refractivity contribution in [1.29, 1.82) is 0 Å². The van der Waals surface area contributed by atoms with Gasteiger partial charge in [0.15, 0.2) is 0 Å². The van der Waals surface area contributed by atoms with E-state index in [4.69, 9.17) is 14.6 Å². The Morgan fingerprint density at radius 3 is 2.79 bits per heavy atom. The zero-order valence-electron chi connectivity index (χ0n) is 10.5. The Morgan fingerprint density at radius 2 is 2.16 bits per heavy atom. The van der Waals surface area contributed by atoms with Crippen molar-refractivity contribution < 1.29 is 19.4 Å². The van der Waals surface area contributed by atoms with E-state index in [1.54, 1.807) is 29.5 Å². The molecule has 0 amide bonds. The van der Waals surface area contributed by atoms with Crippen molar-refractivity contribution in [3.63, 3.8) is 0 Å². The number of ether oxygens (including phenoxy) is 2. The second-order valence-corrected chi connectivity index (χ2v) is 4.94. The van der Waals surface area contributed by atoms with Gasteiger partial charge in [0, 0.05) is 4.88 Å². The van der Waals surface area contributed by atoms with Gasteiger partial charge in [0.05, 0.1) is 20.3 Å². The van der Waals surface area contributed by atoms with Crippen LogP contribution in [0.3, 0.4) is 0 Å². The van der Waals surface area contributed by atoms with Gasteiger partial charge in [0.1, 0.15) is 11.3 Å². The lowest BCUT2D eigenvalue weighted by Gasteiger charge is -2.08. The largest absolute Gasteiger partial charge is 0.496 e. The minimum absolute atomic E-state index is 0.153. The van der Waals surface area contributed by atoms with Gasteiger partial charge in [-0.2, -0.15) is 0 Å². The molecule has 1 aromatic carbocycles. The van der Waals surface area contributed by atoms with E-state index in [1.807, 2.05) is 17.5 Å². The highest BCUT2D eigenvalue weighted by atomic mass is 32.1. The fourth-order valence-corrected chi connectivity index (χ4v) is 2.32. The van der Waals surface area contributed by atoms with E-state index in [0.29, 0.717) is 19.0 Å². The van der Waals surface area contributed by atoms with Crippen molar-refractivity contribution >= 4 is 17.3 Å². The summed E-state index contributed by atoms with van der Waals surface area (Å²) in [6, 6.07) is 9.00. The molecule has 0 saturated heterocycles. The summed E-state index contributed by atoms with van der Waals surface area (Å²) in [5.74, 6) is -0.647. The zero-order chi connectivity index (χ0) is 13.7. The number of benzene rings is 1. The highest BCUT2D eigenvalue weighted by Crippen LogP contribution is 2.20. The number of hydrogen-bond acceptors (Lipinski definition) is 4. The lowest BCUT2D eigenvalue weighted by Crippen LogP contribution is -2.02. The molecule has 0 radical (unpaired) electrons. The van der Waals surface area contributed by atoms with E-state index < -0.39 is 5.97 Å². The zero-order valence-corrected chi connectivity index (χ0v) is 11.3.